The molecular formula is C22H22ClN7O2. The molecule has 3 aromatic rings. The number of halogens is 1. The Morgan fingerprint density at radius 2 is 1.78 bits per heavy atom. The molecule has 0 unspecified atom stereocenters. The van der Waals surface area contributed by atoms with Crippen LogP contribution in [0.3, 0.4) is 0 Å². The lowest BCUT2D eigenvalue weighted by molar-refractivity contribution is 0.102. The minimum absolute atomic E-state index is 0.144. The van der Waals surface area contributed by atoms with E-state index in [0.29, 0.717) is 16.5 Å². The summed E-state index contributed by atoms with van der Waals surface area (Å²) in [5, 5.41) is 9.08. The molecule has 1 aliphatic rings. The first-order chi connectivity index (χ1) is 15.5. The van der Waals surface area contributed by atoms with E-state index < -0.39 is 11.8 Å². The fourth-order valence-corrected chi connectivity index (χ4v) is 3.39. The predicted octanol–water partition coefficient (Wildman–Crippen LogP) is 2.75. The number of aryl methyl sites for hydroxylation is 1. The van der Waals surface area contributed by atoms with Crippen molar-refractivity contribution in [3.8, 4) is 0 Å². The van der Waals surface area contributed by atoms with Crippen LogP contribution in [-0.2, 0) is 0 Å². The Morgan fingerprint density at radius 3 is 2.47 bits per heavy atom. The summed E-state index contributed by atoms with van der Waals surface area (Å²) in [6, 6.07) is 8.19. The second-order valence-electron chi connectivity index (χ2n) is 7.32. The molecule has 32 heavy (non-hydrogen) atoms. The molecule has 2 amide bonds. The molecule has 10 heteroatoms. The third kappa shape index (κ3) is 5.19. The quantitative estimate of drug-likeness (QED) is 0.546. The summed E-state index contributed by atoms with van der Waals surface area (Å²) < 4.78 is 0. The number of hydrogen-bond donors (Lipinski definition) is 3. The number of carbonyl (C=O) groups excluding carboxylic acids is 2. The molecule has 1 aromatic carbocycles. The molecule has 164 valence electrons. The first-order valence-corrected chi connectivity index (χ1v) is 10.5. The van der Waals surface area contributed by atoms with Gasteiger partial charge in [0.15, 0.2) is 0 Å². The van der Waals surface area contributed by atoms with Crippen molar-refractivity contribution in [2.24, 2.45) is 0 Å². The highest BCUT2D eigenvalue weighted by Crippen LogP contribution is 2.23. The molecule has 0 saturated carbocycles. The maximum atomic E-state index is 12.8. The standard InChI is InChI=1S/C22H22ClN7O2/c1-14-2-5-19(26-11-14)29-21(31)16-10-15(23)3-4-17(16)28-22(32)18-12-27-20(13-25-18)30-8-6-24-7-9-30/h2-5,10-13,24H,6-9H2,1H3,(H,28,32)(H,26,29,31). The summed E-state index contributed by atoms with van der Waals surface area (Å²) in [6.07, 6.45) is 4.66. The van der Waals surface area contributed by atoms with Crippen LogP contribution in [0.5, 0.6) is 0 Å². The minimum Gasteiger partial charge on any atom is -0.353 e. The summed E-state index contributed by atoms with van der Waals surface area (Å²) in [5.41, 5.74) is 1.63. The number of aromatic nitrogens is 3. The highest BCUT2D eigenvalue weighted by atomic mass is 35.5. The molecule has 0 bridgehead atoms. The summed E-state index contributed by atoms with van der Waals surface area (Å²) >= 11 is 6.09. The van der Waals surface area contributed by atoms with Crippen LogP contribution in [0.4, 0.5) is 17.3 Å². The number of rotatable bonds is 5. The van der Waals surface area contributed by atoms with Crippen LogP contribution >= 0.6 is 11.6 Å². The van der Waals surface area contributed by atoms with Crippen molar-refractivity contribution in [2.75, 3.05) is 41.7 Å². The Hall–Kier alpha value is -3.56. The van der Waals surface area contributed by atoms with E-state index in [1.54, 1.807) is 30.6 Å². The van der Waals surface area contributed by atoms with Crippen LogP contribution in [0.1, 0.15) is 26.4 Å². The van der Waals surface area contributed by atoms with E-state index >= 15 is 0 Å². The van der Waals surface area contributed by atoms with Gasteiger partial charge < -0.3 is 20.9 Å². The van der Waals surface area contributed by atoms with Gasteiger partial charge in [0.05, 0.1) is 23.6 Å². The maximum absolute atomic E-state index is 12.8. The van der Waals surface area contributed by atoms with Gasteiger partial charge in [-0.05, 0) is 36.8 Å². The van der Waals surface area contributed by atoms with Crippen molar-refractivity contribution >= 4 is 40.7 Å². The van der Waals surface area contributed by atoms with Crippen molar-refractivity contribution < 1.29 is 9.59 Å². The third-order valence-corrected chi connectivity index (χ3v) is 5.17. The number of amides is 2. The molecule has 0 atom stereocenters. The monoisotopic (exact) mass is 451 g/mol. The summed E-state index contributed by atoms with van der Waals surface area (Å²) in [5.74, 6) is 0.195. The number of carbonyl (C=O) groups is 2. The van der Waals surface area contributed by atoms with Gasteiger partial charge in [0.2, 0.25) is 0 Å². The normalized spacial score (nSPS) is 13.5. The van der Waals surface area contributed by atoms with Gasteiger partial charge in [-0.25, -0.2) is 15.0 Å². The second kappa shape index (κ2) is 9.71. The Balaban J connectivity index is 1.49. The zero-order chi connectivity index (χ0) is 22.5. The lowest BCUT2D eigenvalue weighted by Gasteiger charge is -2.27. The first kappa shape index (κ1) is 21.7. The fourth-order valence-electron chi connectivity index (χ4n) is 3.22. The van der Waals surface area contributed by atoms with Crippen molar-refractivity contribution in [3.05, 3.63) is 70.8 Å². The molecule has 3 heterocycles. The second-order valence-corrected chi connectivity index (χ2v) is 7.75. The lowest BCUT2D eigenvalue weighted by Crippen LogP contribution is -2.44. The molecule has 0 radical (unpaired) electrons. The maximum Gasteiger partial charge on any atom is 0.275 e. The van der Waals surface area contributed by atoms with E-state index in [9.17, 15) is 9.59 Å². The number of anilines is 3. The Morgan fingerprint density at radius 1 is 0.969 bits per heavy atom. The van der Waals surface area contributed by atoms with Crippen molar-refractivity contribution in [3.63, 3.8) is 0 Å². The molecular weight excluding hydrogens is 430 g/mol. The summed E-state index contributed by atoms with van der Waals surface area (Å²) in [6.45, 7) is 5.33. The van der Waals surface area contributed by atoms with Crippen molar-refractivity contribution in [1.82, 2.24) is 20.3 Å². The van der Waals surface area contributed by atoms with E-state index in [1.165, 1.54) is 12.3 Å². The van der Waals surface area contributed by atoms with E-state index in [2.05, 4.69) is 35.8 Å². The van der Waals surface area contributed by atoms with E-state index in [4.69, 9.17) is 11.6 Å². The largest absolute Gasteiger partial charge is 0.353 e. The molecule has 4 rings (SSSR count). The number of nitrogens with one attached hydrogen (secondary N) is 3. The average molecular weight is 452 g/mol. The van der Waals surface area contributed by atoms with Gasteiger partial charge >= 0.3 is 0 Å². The molecule has 2 aromatic heterocycles. The number of nitrogens with zero attached hydrogens (tertiary/aromatic N) is 4. The molecule has 0 aliphatic carbocycles. The predicted molar refractivity (Wildman–Crippen MR) is 123 cm³/mol. The molecule has 1 fully saturated rings. The minimum atomic E-state index is -0.478. The Labute approximate surface area is 190 Å². The van der Waals surface area contributed by atoms with Crippen LogP contribution in [0.25, 0.3) is 0 Å². The van der Waals surface area contributed by atoms with Gasteiger partial charge in [-0.1, -0.05) is 17.7 Å². The van der Waals surface area contributed by atoms with Crippen LogP contribution in [0, 0.1) is 6.92 Å². The van der Waals surface area contributed by atoms with Crippen LogP contribution < -0.4 is 20.9 Å². The van der Waals surface area contributed by atoms with E-state index in [0.717, 1.165) is 37.6 Å². The Bertz CT molecular complexity index is 1110. The molecule has 0 spiro atoms. The zero-order valence-electron chi connectivity index (χ0n) is 17.4. The van der Waals surface area contributed by atoms with Crippen molar-refractivity contribution in [2.45, 2.75) is 6.92 Å². The van der Waals surface area contributed by atoms with Crippen LogP contribution in [0.2, 0.25) is 5.02 Å². The van der Waals surface area contributed by atoms with Gasteiger partial charge in [-0.15, -0.1) is 0 Å². The summed E-state index contributed by atoms with van der Waals surface area (Å²) in [4.78, 5) is 40.4. The topological polar surface area (TPSA) is 112 Å². The molecule has 3 N–H and O–H groups in total. The fraction of sp³-hybridized carbons (Fsp3) is 0.227. The van der Waals surface area contributed by atoms with Gasteiger partial charge in [0, 0.05) is 37.4 Å². The Kier molecular flexibility index (Phi) is 6.58. The number of hydrogen-bond acceptors (Lipinski definition) is 7. The molecule has 1 aliphatic heterocycles. The third-order valence-electron chi connectivity index (χ3n) is 4.94. The van der Waals surface area contributed by atoms with Gasteiger partial charge in [0.1, 0.15) is 17.3 Å². The van der Waals surface area contributed by atoms with Gasteiger partial charge in [0.25, 0.3) is 11.8 Å². The highest BCUT2D eigenvalue weighted by molar-refractivity contribution is 6.31. The molecule has 9 nitrogen and oxygen atoms in total. The lowest BCUT2D eigenvalue weighted by atomic mass is 10.1. The highest BCUT2D eigenvalue weighted by Gasteiger charge is 2.18. The zero-order valence-corrected chi connectivity index (χ0v) is 18.2. The smallest absolute Gasteiger partial charge is 0.275 e. The van der Waals surface area contributed by atoms with Crippen molar-refractivity contribution in [1.29, 1.82) is 0 Å². The molecule has 1 saturated heterocycles. The SMILES string of the molecule is Cc1ccc(NC(=O)c2cc(Cl)ccc2NC(=O)c2cnc(N3CCNCC3)cn2)nc1. The van der Waals surface area contributed by atoms with E-state index in [1.807, 2.05) is 13.0 Å². The van der Waals surface area contributed by atoms with Crippen LogP contribution in [-0.4, -0.2) is 52.9 Å². The van der Waals surface area contributed by atoms with Crippen LogP contribution in [0.15, 0.2) is 48.9 Å². The summed E-state index contributed by atoms with van der Waals surface area (Å²) in [7, 11) is 0. The van der Waals surface area contributed by atoms with E-state index in [-0.39, 0.29) is 11.3 Å². The van der Waals surface area contributed by atoms with Gasteiger partial charge in [-0.2, -0.15) is 0 Å². The first-order valence-electron chi connectivity index (χ1n) is 10.1. The van der Waals surface area contributed by atoms with Gasteiger partial charge in [-0.3, -0.25) is 9.59 Å². The average Bonchev–Trinajstić information content (AvgIpc) is 2.82. The number of benzene rings is 1. The number of pyridine rings is 1. The number of piperazine rings is 1.